The molecule has 0 saturated heterocycles. The molecule has 1 aromatic rings. The van der Waals surface area contributed by atoms with E-state index >= 15 is 0 Å². The average Bonchev–Trinajstić information content (AvgIpc) is 2.46. The van der Waals surface area contributed by atoms with E-state index in [1.807, 2.05) is 18.2 Å². The largest absolute Gasteiger partial charge is 0.466 e. The second-order valence-electron chi connectivity index (χ2n) is 4.56. The highest BCUT2D eigenvalue weighted by molar-refractivity contribution is 7.80. The highest BCUT2D eigenvalue weighted by atomic mass is 32.1. The van der Waals surface area contributed by atoms with Crippen LogP contribution in [0.4, 0.5) is 0 Å². The smallest absolute Gasteiger partial charge is 0.307 e. The highest BCUT2D eigenvalue weighted by Crippen LogP contribution is 2.18. The van der Waals surface area contributed by atoms with Gasteiger partial charge in [0, 0.05) is 13.6 Å². The molecular formula is C15H20N2O3S. The van der Waals surface area contributed by atoms with Gasteiger partial charge in [0.05, 0.1) is 18.0 Å². The van der Waals surface area contributed by atoms with E-state index in [1.54, 1.807) is 26.1 Å². The Bertz CT molecular complexity index is 505. The summed E-state index contributed by atoms with van der Waals surface area (Å²) in [5.41, 5.74) is 6.45. The molecule has 2 N–H and O–H groups in total. The number of ether oxygens (including phenoxy) is 1. The summed E-state index contributed by atoms with van der Waals surface area (Å²) in [6.45, 7) is 2.34. The number of likely N-dealkylation sites (N-methyl/N-ethyl adjacent to an activating group) is 1. The Balaban J connectivity index is 2.73. The average molecular weight is 308 g/mol. The Morgan fingerprint density at radius 2 is 1.95 bits per heavy atom. The van der Waals surface area contributed by atoms with Gasteiger partial charge in [-0.05, 0) is 12.5 Å². The fraction of sp³-hybridized carbons (Fsp3) is 0.400. The van der Waals surface area contributed by atoms with Gasteiger partial charge in [0.1, 0.15) is 5.92 Å². The zero-order valence-corrected chi connectivity index (χ0v) is 13.1. The van der Waals surface area contributed by atoms with Crippen molar-refractivity contribution in [2.75, 3.05) is 20.2 Å². The monoisotopic (exact) mass is 308 g/mol. The van der Waals surface area contributed by atoms with Crippen LogP contribution in [0.25, 0.3) is 0 Å². The number of carbonyl (C=O) groups excluding carboxylic acids is 2. The third-order valence-corrected chi connectivity index (χ3v) is 3.23. The fourth-order valence-electron chi connectivity index (χ4n) is 1.90. The molecule has 0 aliphatic heterocycles. The van der Waals surface area contributed by atoms with Crippen molar-refractivity contribution >= 4 is 29.1 Å². The van der Waals surface area contributed by atoms with Gasteiger partial charge in [-0.3, -0.25) is 9.59 Å². The Hall–Kier alpha value is -1.95. The number of amides is 1. The molecule has 21 heavy (non-hydrogen) atoms. The van der Waals surface area contributed by atoms with E-state index in [1.165, 1.54) is 4.90 Å². The van der Waals surface area contributed by atoms with E-state index in [0.29, 0.717) is 6.61 Å². The lowest BCUT2D eigenvalue weighted by atomic mass is 9.97. The van der Waals surface area contributed by atoms with Crippen LogP contribution in [0.1, 0.15) is 24.8 Å². The van der Waals surface area contributed by atoms with Crippen molar-refractivity contribution in [3.05, 3.63) is 35.9 Å². The molecule has 1 rings (SSSR count). The van der Waals surface area contributed by atoms with Gasteiger partial charge in [0.2, 0.25) is 5.91 Å². The van der Waals surface area contributed by atoms with E-state index < -0.39 is 5.92 Å². The van der Waals surface area contributed by atoms with Crippen LogP contribution in [0.3, 0.4) is 0 Å². The van der Waals surface area contributed by atoms with Crippen LogP contribution in [0.5, 0.6) is 0 Å². The summed E-state index contributed by atoms with van der Waals surface area (Å²) in [5.74, 6) is -1.23. The third-order valence-electron chi connectivity index (χ3n) is 3.00. The minimum atomic E-state index is -0.673. The fourth-order valence-corrected chi connectivity index (χ4v) is 2.13. The maximum atomic E-state index is 12.5. The molecule has 0 heterocycles. The first-order chi connectivity index (χ1) is 9.97. The van der Waals surface area contributed by atoms with Crippen LogP contribution in [-0.2, 0) is 14.3 Å². The summed E-state index contributed by atoms with van der Waals surface area (Å²) in [4.78, 5) is 25.4. The Kier molecular flexibility index (Phi) is 6.81. The molecule has 0 aliphatic carbocycles. The number of hydrogen-bond donors (Lipinski definition) is 1. The number of hydrogen-bond acceptors (Lipinski definition) is 4. The summed E-state index contributed by atoms with van der Waals surface area (Å²) < 4.78 is 4.84. The number of rotatable bonds is 7. The van der Waals surface area contributed by atoms with Gasteiger partial charge >= 0.3 is 5.97 Å². The minimum Gasteiger partial charge on any atom is -0.466 e. The topological polar surface area (TPSA) is 72.6 Å². The molecule has 114 valence electrons. The van der Waals surface area contributed by atoms with Crippen molar-refractivity contribution in [1.82, 2.24) is 4.90 Å². The molecule has 1 amide bonds. The standard InChI is InChI=1S/C15H20N2O3S/c1-3-20-12(18)9-10-17(2)15(19)13(14(16)21)11-7-5-4-6-8-11/h4-8,13H,3,9-10H2,1-2H3,(H2,16,21). The van der Waals surface area contributed by atoms with Gasteiger partial charge in [-0.2, -0.15) is 0 Å². The number of carbonyl (C=O) groups is 2. The molecule has 0 bridgehead atoms. The Labute approximate surface area is 130 Å². The number of esters is 1. The minimum absolute atomic E-state index is 0.120. The molecule has 0 aliphatic rings. The Morgan fingerprint density at radius 1 is 1.33 bits per heavy atom. The number of thiocarbonyl (C=S) groups is 1. The maximum absolute atomic E-state index is 12.5. The van der Waals surface area contributed by atoms with Crippen molar-refractivity contribution in [2.45, 2.75) is 19.3 Å². The van der Waals surface area contributed by atoms with Crippen molar-refractivity contribution < 1.29 is 14.3 Å². The maximum Gasteiger partial charge on any atom is 0.307 e. The Morgan fingerprint density at radius 3 is 2.48 bits per heavy atom. The van der Waals surface area contributed by atoms with Crippen molar-refractivity contribution in [3.63, 3.8) is 0 Å². The van der Waals surface area contributed by atoms with Crippen molar-refractivity contribution in [3.8, 4) is 0 Å². The van der Waals surface area contributed by atoms with Crippen LogP contribution in [0, 0.1) is 0 Å². The lowest BCUT2D eigenvalue weighted by Gasteiger charge is -2.23. The highest BCUT2D eigenvalue weighted by Gasteiger charge is 2.26. The van der Waals surface area contributed by atoms with Crippen LogP contribution in [0.15, 0.2) is 30.3 Å². The second-order valence-corrected chi connectivity index (χ2v) is 5.03. The molecule has 1 aromatic carbocycles. The summed E-state index contributed by atoms with van der Waals surface area (Å²) in [5, 5.41) is 0. The van der Waals surface area contributed by atoms with Crippen LogP contribution < -0.4 is 5.73 Å². The summed E-state index contributed by atoms with van der Waals surface area (Å²) in [6.07, 6.45) is 0.148. The molecule has 0 saturated carbocycles. The zero-order chi connectivity index (χ0) is 15.8. The molecule has 0 fully saturated rings. The third kappa shape index (κ3) is 5.15. The summed E-state index contributed by atoms with van der Waals surface area (Å²) in [6, 6.07) is 9.12. The molecule has 6 heteroatoms. The predicted octanol–water partition coefficient (Wildman–Crippen LogP) is 1.47. The van der Waals surface area contributed by atoms with Crippen LogP contribution >= 0.6 is 12.2 Å². The zero-order valence-electron chi connectivity index (χ0n) is 12.2. The van der Waals surface area contributed by atoms with Gasteiger partial charge < -0.3 is 15.4 Å². The molecule has 1 atom stereocenters. The molecule has 0 spiro atoms. The first-order valence-electron chi connectivity index (χ1n) is 6.72. The SMILES string of the molecule is CCOC(=O)CCN(C)C(=O)C(C(N)=S)c1ccccc1. The predicted molar refractivity (Wildman–Crippen MR) is 84.9 cm³/mol. The van der Waals surface area contributed by atoms with Crippen molar-refractivity contribution in [1.29, 1.82) is 0 Å². The second kappa shape index (κ2) is 8.36. The molecule has 0 radical (unpaired) electrons. The van der Waals surface area contributed by atoms with Crippen LogP contribution in [0.2, 0.25) is 0 Å². The number of benzene rings is 1. The van der Waals surface area contributed by atoms with Gasteiger partial charge in [-0.25, -0.2) is 0 Å². The first-order valence-corrected chi connectivity index (χ1v) is 7.13. The van der Waals surface area contributed by atoms with Crippen LogP contribution in [-0.4, -0.2) is 42.0 Å². The summed E-state index contributed by atoms with van der Waals surface area (Å²) >= 11 is 5.01. The molecule has 1 unspecified atom stereocenters. The first kappa shape index (κ1) is 17.1. The van der Waals surface area contributed by atoms with E-state index in [-0.39, 0.29) is 29.8 Å². The lowest BCUT2D eigenvalue weighted by Crippen LogP contribution is -2.38. The van der Waals surface area contributed by atoms with Gasteiger partial charge in [0.15, 0.2) is 0 Å². The molecule has 5 nitrogen and oxygen atoms in total. The molecule has 0 aromatic heterocycles. The quantitative estimate of drug-likeness (QED) is 0.610. The number of nitrogens with zero attached hydrogens (tertiary/aromatic N) is 1. The van der Waals surface area contributed by atoms with Crippen molar-refractivity contribution in [2.24, 2.45) is 5.73 Å². The number of nitrogens with two attached hydrogens (primary N) is 1. The van der Waals surface area contributed by atoms with Gasteiger partial charge in [-0.1, -0.05) is 42.5 Å². The summed E-state index contributed by atoms with van der Waals surface area (Å²) in [7, 11) is 1.62. The normalized spacial score (nSPS) is 11.5. The molecular weight excluding hydrogens is 288 g/mol. The van der Waals surface area contributed by atoms with E-state index in [9.17, 15) is 9.59 Å². The van der Waals surface area contributed by atoms with Gasteiger partial charge in [0.25, 0.3) is 0 Å². The van der Waals surface area contributed by atoms with E-state index in [2.05, 4.69) is 0 Å². The van der Waals surface area contributed by atoms with E-state index in [0.717, 1.165) is 5.56 Å². The van der Waals surface area contributed by atoms with Gasteiger partial charge in [-0.15, -0.1) is 0 Å². The van der Waals surface area contributed by atoms with E-state index in [4.69, 9.17) is 22.7 Å². The lowest BCUT2D eigenvalue weighted by molar-refractivity contribution is -0.143.